The molecule has 0 aromatic carbocycles. The van der Waals surface area contributed by atoms with Crippen LogP contribution in [-0.4, -0.2) is 11.6 Å². The van der Waals surface area contributed by atoms with Crippen molar-refractivity contribution in [3.05, 3.63) is 22.8 Å². The Hall–Kier alpha value is -1.62. The highest BCUT2D eigenvalue weighted by Gasteiger charge is 2.64. The van der Waals surface area contributed by atoms with E-state index in [1.165, 1.54) is 36.8 Å². The second-order valence-electron chi connectivity index (χ2n) is 10.5. The molecule has 0 radical (unpaired) electrons. The summed E-state index contributed by atoms with van der Waals surface area (Å²) in [4.78, 5) is 25.1. The molecule has 4 aliphatic carbocycles. The Kier molecular flexibility index (Phi) is 5.86. The molecule has 0 bridgehead atoms. The van der Waals surface area contributed by atoms with Crippen molar-refractivity contribution in [2.75, 3.05) is 0 Å². The van der Waals surface area contributed by atoms with Crippen molar-refractivity contribution < 1.29 is 9.59 Å². The zero-order valence-electron chi connectivity index (χ0n) is 19.4. The van der Waals surface area contributed by atoms with Gasteiger partial charge in [-0.1, -0.05) is 44.6 Å². The van der Waals surface area contributed by atoms with Crippen LogP contribution in [0.4, 0.5) is 0 Å². The maximum Gasteiger partial charge on any atom is 0.156 e. The van der Waals surface area contributed by atoms with E-state index in [1.54, 1.807) is 12.5 Å². The summed E-state index contributed by atoms with van der Waals surface area (Å²) < 4.78 is 0. The van der Waals surface area contributed by atoms with Gasteiger partial charge >= 0.3 is 0 Å². The third-order valence-corrected chi connectivity index (χ3v) is 9.13. The lowest BCUT2D eigenvalue weighted by Gasteiger charge is -2.54. The van der Waals surface area contributed by atoms with Crippen LogP contribution in [0.5, 0.6) is 0 Å². The van der Waals surface area contributed by atoms with Gasteiger partial charge in [0.15, 0.2) is 5.78 Å². The van der Waals surface area contributed by atoms with E-state index in [1.807, 2.05) is 13.0 Å². The Morgan fingerprint density at radius 1 is 1.20 bits per heavy atom. The van der Waals surface area contributed by atoms with E-state index in [9.17, 15) is 9.59 Å². The molecular weight excluding hydrogens is 368 g/mol. The highest BCUT2D eigenvalue weighted by molar-refractivity contribution is 5.93. The summed E-state index contributed by atoms with van der Waals surface area (Å²) >= 11 is 0. The monoisotopic (exact) mass is 406 g/mol. The molecule has 2 saturated carbocycles. The minimum atomic E-state index is -0.468. The molecule has 0 amide bonds. The zero-order valence-corrected chi connectivity index (χ0v) is 19.4. The molecule has 2 heteroatoms. The van der Waals surface area contributed by atoms with E-state index in [0.29, 0.717) is 30.0 Å². The summed E-state index contributed by atoms with van der Waals surface area (Å²) in [6.07, 6.45) is 13.9. The summed E-state index contributed by atoms with van der Waals surface area (Å²) in [5.41, 5.74) is 4.08. The van der Waals surface area contributed by atoms with Crippen molar-refractivity contribution in [1.29, 1.82) is 0 Å². The van der Waals surface area contributed by atoms with Gasteiger partial charge < -0.3 is 0 Å². The van der Waals surface area contributed by atoms with Gasteiger partial charge in [-0.3, -0.25) is 9.59 Å². The highest BCUT2D eigenvalue weighted by atomic mass is 16.1. The minimum absolute atomic E-state index is 0.0286. The van der Waals surface area contributed by atoms with Crippen LogP contribution in [0.25, 0.3) is 0 Å². The van der Waals surface area contributed by atoms with Crippen LogP contribution in [0.15, 0.2) is 22.8 Å². The van der Waals surface area contributed by atoms with Crippen molar-refractivity contribution in [3.8, 4) is 11.8 Å². The van der Waals surface area contributed by atoms with E-state index in [4.69, 9.17) is 0 Å². The van der Waals surface area contributed by atoms with Crippen molar-refractivity contribution in [1.82, 2.24) is 0 Å². The number of carbonyl (C=O) groups is 2. The molecule has 0 aromatic heterocycles. The maximum absolute atomic E-state index is 13.0. The van der Waals surface area contributed by atoms with E-state index in [-0.39, 0.29) is 11.2 Å². The third kappa shape index (κ3) is 3.16. The van der Waals surface area contributed by atoms with Gasteiger partial charge in [-0.2, -0.15) is 0 Å². The topological polar surface area (TPSA) is 34.1 Å². The number of rotatable bonds is 5. The fourth-order valence-corrected chi connectivity index (χ4v) is 7.84. The van der Waals surface area contributed by atoms with Gasteiger partial charge in [-0.05, 0) is 99.2 Å². The number of carbonyl (C=O) groups excluding carboxylic acids is 2. The van der Waals surface area contributed by atoms with Crippen LogP contribution in [0.2, 0.25) is 0 Å². The first-order chi connectivity index (χ1) is 14.4. The van der Waals surface area contributed by atoms with E-state index < -0.39 is 5.41 Å². The largest absolute Gasteiger partial charge is 0.298 e. The molecule has 30 heavy (non-hydrogen) atoms. The number of hydrogen-bond donors (Lipinski definition) is 0. The first kappa shape index (κ1) is 21.6. The molecule has 162 valence electrons. The molecule has 0 heterocycles. The molecule has 4 aliphatic rings. The highest BCUT2D eigenvalue weighted by Crippen LogP contribution is 2.68. The molecule has 0 aromatic rings. The molecular formula is C28H38O2. The van der Waals surface area contributed by atoms with Crippen LogP contribution in [0.1, 0.15) is 98.3 Å². The van der Waals surface area contributed by atoms with Gasteiger partial charge in [-0.15, -0.1) is 5.92 Å². The first-order valence-electron chi connectivity index (χ1n) is 12.3. The Labute approximate surface area is 183 Å². The van der Waals surface area contributed by atoms with Crippen molar-refractivity contribution in [2.24, 2.45) is 28.6 Å². The fourth-order valence-electron chi connectivity index (χ4n) is 7.84. The van der Waals surface area contributed by atoms with E-state index >= 15 is 0 Å². The molecule has 4 rings (SSSR count). The summed E-state index contributed by atoms with van der Waals surface area (Å²) in [6, 6.07) is 0. The van der Waals surface area contributed by atoms with Gasteiger partial charge in [0, 0.05) is 6.42 Å². The third-order valence-electron chi connectivity index (χ3n) is 9.13. The fraction of sp³-hybridized carbons (Fsp3) is 0.714. The minimum Gasteiger partial charge on any atom is -0.298 e. The molecule has 2 nitrogen and oxygen atoms in total. The average molecular weight is 407 g/mol. The standard InChI is InChI=1S/C28H38O2/c1-5-7-8-9-21-18-27(4)25(14-16-28(27,15-6-2)19(3)29)24-12-10-20-17-22(30)11-13-23(20)26(21)24/h17,21,24-25H,5,7-14,16,18H2,1-4H3/t21-,24-,25-,27-,28+/m0/s1. The summed E-state index contributed by atoms with van der Waals surface area (Å²) in [7, 11) is 0. The quantitative estimate of drug-likeness (QED) is 0.381. The predicted octanol–water partition coefficient (Wildman–Crippen LogP) is 6.60. The van der Waals surface area contributed by atoms with Crippen molar-refractivity contribution in [2.45, 2.75) is 98.3 Å². The van der Waals surface area contributed by atoms with Crippen LogP contribution in [-0.2, 0) is 9.59 Å². The van der Waals surface area contributed by atoms with Crippen LogP contribution in [0, 0.1) is 40.4 Å². The maximum atomic E-state index is 13.0. The number of fused-ring (bicyclic) bond motifs is 4. The molecule has 0 saturated heterocycles. The van der Waals surface area contributed by atoms with Crippen molar-refractivity contribution >= 4 is 11.6 Å². The molecule has 0 spiro atoms. The Morgan fingerprint density at radius 2 is 2.00 bits per heavy atom. The van der Waals surface area contributed by atoms with Crippen molar-refractivity contribution in [3.63, 3.8) is 0 Å². The zero-order chi connectivity index (χ0) is 21.5. The van der Waals surface area contributed by atoms with Crippen LogP contribution < -0.4 is 0 Å². The number of Topliss-reactive ketones (excluding diaryl/α,β-unsaturated/α-hetero) is 1. The Morgan fingerprint density at radius 3 is 2.70 bits per heavy atom. The number of hydrogen-bond acceptors (Lipinski definition) is 2. The summed E-state index contributed by atoms with van der Waals surface area (Å²) in [5, 5.41) is 0. The molecule has 0 unspecified atom stereocenters. The van der Waals surface area contributed by atoms with Crippen LogP contribution in [0.3, 0.4) is 0 Å². The van der Waals surface area contributed by atoms with Crippen LogP contribution >= 0.6 is 0 Å². The number of unbranched alkanes of at least 4 members (excludes halogenated alkanes) is 2. The summed E-state index contributed by atoms with van der Waals surface area (Å²) in [5.74, 6) is 8.89. The first-order valence-corrected chi connectivity index (χ1v) is 12.3. The van der Waals surface area contributed by atoms with Gasteiger partial charge in [0.05, 0.1) is 5.41 Å². The second kappa shape index (κ2) is 8.14. The predicted molar refractivity (Wildman–Crippen MR) is 122 cm³/mol. The smallest absolute Gasteiger partial charge is 0.156 e. The summed E-state index contributed by atoms with van der Waals surface area (Å²) in [6.45, 7) is 8.35. The SMILES string of the molecule is CC#C[C@]1(C(C)=O)CC[C@H]2[C@@H]3CCC4=CC(=O)CCC4=C3[C@@H](CCCCC)C[C@@]21C. The Balaban J connectivity index is 1.81. The van der Waals surface area contributed by atoms with E-state index in [2.05, 4.69) is 25.7 Å². The lowest BCUT2D eigenvalue weighted by atomic mass is 9.48. The number of ketones is 2. The number of allylic oxidation sites excluding steroid dienone is 4. The van der Waals surface area contributed by atoms with Gasteiger partial charge in [-0.25, -0.2) is 0 Å². The Bertz CT molecular complexity index is 863. The molecule has 0 aliphatic heterocycles. The van der Waals surface area contributed by atoms with E-state index in [0.717, 1.165) is 38.5 Å². The lowest BCUT2D eigenvalue weighted by Crippen LogP contribution is -2.50. The van der Waals surface area contributed by atoms with Gasteiger partial charge in [0.1, 0.15) is 5.78 Å². The van der Waals surface area contributed by atoms with Gasteiger partial charge in [0.25, 0.3) is 0 Å². The van der Waals surface area contributed by atoms with Gasteiger partial charge in [0.2, 0.25) is 0 Å². The molecule has 2 fully saturated rings. The second-order valence-corrected chi connectivity index (χ2v) is 10.5. The molecule has 0 N–H and O–H groups in total. The molecule has 5 atom stereocenters. The lowest BCUT2D eigenvalue weighted by molar-refractivity contribution is -0.131. The normalized spacial score (nSPS) is 37.5. The average Bonchev–Trinajstić information content (AvgIpc) is 3.01.